The fourth-order valence-electron chi connectivity index (χ4n) is 1.76. The Hall–Kier alpha value is -0.920. The van der Waals surface area contributed by atoms with Gasteiger partial charge in [0.1, 0.15) is 0 Å². The lowest BCUT2D eigenvalue weighted by Gasteiger charge is -2.08. The van der Waals surface area contributed by atoms with Crippen molar-refractivity contribution in [3.8, 4) is 0 Å². The summed E-state index contributed by atoms with van der Waals surface area (Å²) in [5.74, 6) is 1.15. The predicted molar refractivity (Wildman–Crippen MR) is 80.7 cm³/mol. The van der Waals surface area contributed by atoms with Gasteiger partial charge in [-0.25, -0.2) is 0 Å². The maximum Gasteiger partial charge on any atom is 0.0485 e. The van der Waals surface area contributed by atoms with Crippen molar-refractivity contribution in [1.29, 1.82) is 0 Å². The Balaban J connectivity index is 2.18. The van der Waals surface area contributed by atoms with Gasteiger partial charge in [0.2, 0.25) is 0 Å². The van der Waals surface area contributed by atoms with Crippen molar-refractivity contribution in [2.45, 2.75) is 35.4 Å². The fourth-order valence-corrected chi connectivity index (χ4v) is 3.02. The van der Waals surface area contributed by atoms with Crippen LogP contribution >= 0.6 is 23.4 Å². The van der Waals surface area contributed by atoms with E-state index in [0.717, 1.165) is 0 Å². The third-order valence-corrected chi connectivity index (χ3v) is 4.31. The summed E-state index contributed by atoms with van der Waals surface area (Å²) in [4.78, 5) is 2.50. The van der Waals surface area contributed by atoms with E-state index in [1.807, 2.05) is 6.07 Å². The largest absolute Gasteiger partial charge is 0.122 e. The number of alkyl halides is 1. The SMILES string of the molecule is CC(C)c1ccc(Sc2ccccc2CCl)cc1. The number of halogens is 1. The van der Waals surface area contributed by atoms with E-state index in [9.17, 15) is 0 Å². The third kappa shape index (κ3) is 3.30. The van der Waals surface area contributed by atoms with Crippen LogP contribution in [0.4, 0.5) is 0 Å². The normalized spacial score (nSPS) is 10.9. The molecule has 2 rings (SSSR count). The maximum atomic E-state index is 5.95. The molecular weight excluding hydrogens is 260 g/mol. The lowest BCUT2D eigenvalue weighted by Crippen LogP contribution is -1.86. The van der Waals surface area contributed by atoms with Crippen LogP contribution in [0.15, 0.2) is 58.3 Å². The minimum absolute atomic E-state index is 0.563. The van der Waals surface area contributed by atoms with Crippen molar-refractivity contribution in [3.05, 3.63) is 59.7 Å². The number of hydrogen-bond acceptors (Lipinski definition) is 1. The topological polar surface area (TPSA) is 0 Å². The molecule has 0 saturated carbocycles. The molecule has 94 valence electrons. The Kier molecular flexibility index (Phi) is 4.73. The summed E-state index contributed by atoms with van der Waals surface area (Å²) in [6, 6.07) is 17.1. The van der Waals surface area contributed by atoms with Crippen LogP contribution in [0.25, 0.3) is 0 Å². The molecule has 0 heterocycles. The zero-order chi connectivity index (χ0) is 13.0. The van der Waals surface area contributed by atoms with E-state index in [2.05, 4.69) is 56.3 Å². The van der Waals surface area contributed by atoms with Crippen molar-refractivity contribution < 1.29 is 0 Å². The number of benzene rings is 2. The molecule has 0 fully saturated rings. The first kappa shape index (κ1) is 13.5. The molecule has 2 aromatic rings. The van der Waals surface area contributed by atoms with Crippen LogP contribution in [0, 0.1) is 0 Å². The minimum Gasteiger partial charge on any atom is -0.122 e. The number of rotatable bonds is 4. The first-order valence-electron chi connectivity index (χ1n) is 6.12. The summed E-state index contributed by atoms with van der Waals surface area (Å²) >= 11 is 7.73. The summed E-state index contributed by atoms with van der Waals surface area (Å²) in [5, 5.41) is 0. The van der Waals surface area contributed by atoms with Crippen LogP contribution in [-0.2, 0) is 5.88 Å². The fraction of sp³-hybridized carbons (Fsp3) is 0.250. The van der Waals surface area contributed by atoms with Gasteiger partial charge in [0.05, 0.1) is 0 Å². The van der Waals surface area contributed by atoms with Gasteiger partial charge < -0.3 is 0 Å². The Morgan fingerprint density at radius 3 is 2.28 bits per heavy atom. The first-order valence-corrected chi connectivity index (χ1v) is 7.47. The highest BCUT2D eigenvalue weighted by Gasteiger charge is 2.04. The molecule has 0 saturated heterocycles. The molecule has 0 spiro atoms. The van der Waals surface area contributed by atoms with Gasteiger partial charge in [-0.1, -0.05) is 55.9 Å². The van der Waals surface area contributed by atoms with Crippen LogP contribution in [-0.4, -0.2) is 0 Å². The van der Waals surface area contributed by atoms with Gasteiger partial charge in [-0.3, -0.25) is 0 Å². The highest BCUT2D eigenvalue weighted by molar-refractivity contribution is 7.99. The second-order valence-electron chi connectivity index (χ2n) is 4.57. The zero-order valence-corrected chi connectivity index (χ0v) is 12.3. The second kappa shape index (κ2) is 6.31. The molecule has 0 radical (unpaired) electrons. The van der Waals surface area contributed by atoms with Gasteiger partial charge >= 0.3 is 0 Å². The summed E-state index contributed by atoms with van der Waals surface area (Å²) in [5.41, 5.74) is 2.57. The van der Waals surface area contributed by atoms with Crippen LogP contribution in [0.3, 0.4) is 0 Å². The molecule has 2 heteroatoms. The van der Waals surface area contributed by atoms with Crippen molar-refractivity contribution in [2.24, 2.45) is 0 Å². The lowest BCUT2D eigenvalue weighted by molar-refractivity contribution is 0.865. The average Bonchev–Trinajstić information content (AvgIpc) is 2.40. The first-order chi connectivity index (χ1) is 8.70. The van der Waals surface area contributed by atoms with Crippen LogP contribution in [0.1, 0.15) is 30.9 Å². The van der Waals surface area contributed by atoms with Crippen molar-refractivity contribution in [2.75, 3.05) is 0 Å². The van der Waals surface area contributed by atoms with E-state index in [-0.39, 0.29) is 0 Å². The Bertz CT molecular complexity index is 503. The number of hydrogen-bond donors (Lipinski definition) is 0. The van der Waals surface area contributed by atoms with E-state index < -0.39 is 0 Å². The molecule has 0 aromatic heterocycles. The van der Waals surface area contributed by atoms with E-state index >= 15 is 0 Å². The van der Waals surface area contributed by atoms with E-state index in [4.69, 9.17) is 11.6 Å². The summed E-state index contributed by atoms with van der Waals surface area (Å²) in [6.07, 6.45) is 0. The lowest BCUT2D eigenvalue weighted by atomic mass is 10.0. The predicted octanol–water partition coefficient (Wildman–Crippen LogP) is 5.70. The summed E-state index contributed by atoms with van der Waals surface area (Å²) in [7, 11) is 0. The van der Waals surface area contributed by atoms with E-state index in [1.165, 1.54) is 20.9 Å². The highest BCUT2D eigenvalue weighted by atomic mass is 35.5. The quantitative estimate of drug-likeness (QED) is 0.646. The van der Waals surface area contributed by atoms with Crippen LogP contribution in [0.5, 0.6) is 0 Å². The molecule has 2 aromatic carbocycles. The molecule has 0 aliphatic carbocycles. The van der Waals surface area contributed by atoms with Gasteiger partial charge in [0, 0.05) is 15.7 Å². The molecule has 0 bridgehead atoms. The summed E-state index contributed by atoms with van der Waals surface area (Å²) < 4.78 is 0. The van der Waals surface area contributed by atoms with Gasteiger partial charge in [0.25, 0.3) is 0 Å². The molecule has 0 aliphatic heterocycles. The van der Waals surface area contributed by atoms with Gasteiger partial charge in [-0.05, 0) is 35.2 Å². The standard InChI is InChI=1S/C16H17ClS/c1-12(2)13-7-9-15(10-8-13)18-16-6-4-3-5-14(16)11-17/h3-10,12H,11H2,1-2H3. The molecular formula is C16H17ClS. The van der Waals surface area contributed by atoms with E-state index in [1.54, 1.807) is 11.8 Å². The molecule has 0 nitrogen and oxygen atoms in total. The van der Waals surface area contributed by atoms with Gasteiger partial charge in [0.15, 0.2) is 0 Å². The van der Waals surface area contributed by atoms with Crippen molar-refractivity contribution in [1.82, 2.24) is 0 Å². The average molecular weight is 277 g/mol. The summed E-state index contributed by atoms with van der Waals surface area (Å²) in [6.45, 7) is 4.43. The minimum atomic E-state index is 0.563. The molecule has 0 N–H and O–H groups in total. The Labute approximate surface area is 118 Å². The highest BCUT2D eigenvalue weighted by Crippen LogP contribution is 2.31. The van der Waals surface area contributed by atoms with Gasteiger partial charge in [-0.15, -0.1) is 11.6 Å². The zero-order valence-electron chi connectivity index (χ0n) is 10.7. The van der Waals surface area contributed by atoms with E-state index in [0.29, 0.717) is 11.8 Å². The molecule has 0 aliphatic rings. The van der Waals surface area contributed by atoms with Crippen molar-refractivity contribution >= 4 is 23.4 Å². The maximum absolute atomic E-state index is 5.95. The molecule has 0 atom stereocenters. The van der Waals surface area contributed by atoms with Crippen LogP contribution < -0.4 is 0 Å². The second-order valence-corrected chi connectivity index (χ2v) is 5.95. The monoisotopic (exact) mass is 276 g/mol. The molecule has 18 heavy (non-hydrogen) atoms. The third-order valence-electron chi connectivity index (χ3n) is 2.89. The smallest absolute Gasteiger partial charge is 0.0485 e. The molecule has 0 amide bonds. The Morgan fingerprint density at radius 2 is 1.67 bits per heavy atom. The van der Waals surface area contributed by atoms with Gasteiger partial charge in [-0.2, -0.15) is 0 Å². The molecule has 0 unspecified atom stereocenters. The Morgan fingerprint density at radius 1 is 1.00 bits per heavy atom. The van der Waals surface area contributed by atoms with Crippen molar-refractivity contribution in [3.63, 3.8) is 0 Å². The van der Waals surface area contributed by atoms with Crippen LogP contribution in [0.2, 0.25) is 0 Å².